The number of likely N-dealkylation sites (N-methyl/N-ethyl adjacent to an activating group) is 1. The van der Waals surface area contributed by atoms with Crippen LogP contribution in [0.4, 0.5) is 0 Å². The smallest absolute Gasteiger partial charge is 0.246 e. The van der Waals surface area contributed by atoms with E-state index in [1.54, 1.807) is 11.9 Å². The lowest BCUT2D eigenvalue weighted by Crippen LogP contribution is -2.27. The molecule has 1 aromatic heterocycles. The summed E-state index contributed by atoms with van der Waals surface area (Å²) < 4.78 is 5.34. The Morgan fingerprint density at radius 3 is 2.33 bits per heavy atom. The number of amides is 1. The molecule has 5 heteroatoms. The zero-order valence-corrected chi connectivity index (χ0v) is 17.1. The van der Waals surface area contributed by atoms with E-state index in [0.29, 0.717) is 18.1 Å². The van der Waals surface area contributed by atoms with Gasteiger partial charge < -0.3 is 9.42 Å². The summed E-state index contributed by atoms with van der Waals surface area (Å²) in [5.41, 5.74) is 5.29. The number of hydrogen-bond donors (Lipinski definition) is 0. The number of carbonyl (C=O) groups is 1. The van der Waals surface area contributed by atoms with E-state index >= 15 is 0 Å². The lowest BCUT2D eigenvalue weighted by Gasteiger charge is -2.15. The zero-order valence-electron chi connectivity index (χ0n) is 17.1. The van der Waals surface area contributed by atoms with E-state index in [4.69, 9.17) is 4.52 Å². The zero-order chi connectivity index (χ0) is 20.9. The highest BCUT2D eigenvalue weighted by Crippen LogP contribution is 2.20. The molecule has 0 spiro atoms. The van der Waals surface area contributed by atoms with Gasteiger partial charge in [0.1, 0.15) is 0 Å². The van der Waals surface area contributed by atoms with Gasteiger partial charge in [-0.15, -0.1) is 0 Å². The number of benzene rings is 3. The molecule has 0 aliphatic carbocycles. The summed E-state index contributed by atoms with van der Waals surface area (Å²) in [5, 5.41) is 4.04. The molecule has 0 bridgehead atoms. The van der Waals surface area contributed by atoms with Gasteiger partial charge in [-0.3, -0.25) is 4.79 Å². The van der Waals surface area contributed by atoms with Gasteiger partial charge in [0, 0.05) is 12.6 Å². The molecule has 0 radical (unpaired) electrons. The van der Waals surface area contributed by atoms with Crippen molar-refractivity contribution < 1.29 is 9.32 Å². The predicted molar refractivity (Wildman–Crippen MR) is 117 cm³/mol. The van der Waals surface area contributed by atoms with Crippen molar-refractivity contribution in [3.8, 4) is 22.5 Å². The first-order valence-corrected chi connectivity index (χ1v) is 9.86. The molecular formula is C25H23N3O2. The lowest BCUT2D eigenvalue weighted by molar-refractivity contribution is -0.130. The minimum atomic E-state index is -0.00207. The molecule has 0 atom stereocenters. The average molecular weight is 397 g/mol. The summed E-state index contributed by atoms with van der Waals surface area (Å²) in [5.74, 6) is 0.950. The van der Waals surface area contributed by atoms with Crippen molar-refractivity contribution in [2.75, 3.05) is 7.05 Å². The first-order valence-electron chi connectivity index (χ1n) is 9.86. The van der Waals surface area contributed by atoms with Crippen molar-refractivity contribution in [1.29, 1.82) is 0 Å². The fourth-order valence-electron chi connectivity index (χ4n) is 3.27. The fourth-order valence-corrected chi connectivity index (χ4v) is 3.27. The Morgan fingerprint density at radius 2 is 1.60 bits per heavy atom. The number of carbonyl (C=O) groups excluding carboxylic acids is 1. The molecule has 0 saturated carbocycles. The molecule has 30 heavy (non-hydrogen) atoms. The van der Waals surface area contributed by atoms with E-state index in [2.05, 4.69) is 22.3 Å². The van der Waals surface area contributed by atoms with Crippen molar-refractivity contribution in [3.63, 3.8) is 0 Å². The van der Waals surface area contributed by atoms with Gasteiger partial charge >= 0.3 is 0 Å². The van der Waals surface area contributed by atoms with Crippen LogP contribution in [-0.4, -0.2) is 28.0 Å². The Labute approximate surface area is 176 Å². The summed E-state index contributed by atoms with van der Waals surface area (Å²) in [6.45, 7) is 2.29. The van der Waals surface area contributed by atoms with Crippen LogP contribution < -0.4 is 0 Å². The number of nitrogens with zero attached hydrogens (tertiary/aromatic N) is 3. The molecule has 3 aromatic carbocycles. The third-order valence-electron chi connectivity index (χ3n) is 4.96. The number of hydrogen-bond acceptors (Lipinski definition) is 4. The maximum absolute atomic E-state index is 12.6. The number of aryl methyl sites for hydroxylation is 1. The van der Waals surface area contributed by atoms with Crippen LogP contribution in [0.5, 0.6) is 0 Å². The van der Waals surface area contributed by atoms with Crippen molar-refractivity contribution in [2.45, 2.75) is 19.9 Å². The van der Waals surface area contributed by atoms with E-state index < -0.39 is 0 Å². The molecule has 4 rings (SSSR count). The second-order valence-electron chi connectivity index (χ2n) is 7.37. The largest absolute Gasteiger partial charge is 0.337 e. The molecule has 0 unspecified atom stereocenters. The Bertz CT molecular complexity index is 1130. The van der Waals surface area contributed by atoms with E-state index in [1.807, 2.05) is 73.7 Å². The molecule has 0 fully saturated rings. The van der Waals surface area contributed by atoms with Crippen LogP contribution in [-0.2, 0) is 17.8 Å². The van der Waals surface area contributed by atoms with Gasteiger partial charge in [-0.2, -0.15) is 4.98 Å². The second kappa shape index (κ2) is 8.74. The molecule has 1 amide bonds. The molecule has 0 N–H and O–H groups in total. The van der Waals surface area contributed by atoms with Gasteiger partial charge in [0.2, 0.25) is 17.6 Å². The van der Waals surface area contributed by atoms with Gasteiger partial charge in [0.15, 0.2) is 0 Å². The van der Waals surface area contributed by atoms with Gasteiger partial charge in [0.05, 0.1) is 13.0 Å². The molecule has 150 valence electrons. The van der Waals surface area contributed by atoms with Crippen molar-refractivity contribution in [3.05, 3.63) is 95.9 Å². The lowest BCUT2D eigenvalue weighted by atomic mass is 10.0. The first-order chi connectivity index (χ1) is 14.6. The van der Waals surface area contributed by atoms with Gasteiger partial charge in [0.25, 0.3) is 0 Å². The predicted octanol–water partition coefficient (Wildman–Crippen LogP) is 4.91. The van der Waals surface area contributed by atoms with Gasteiger partial charge in [-0.05, 0) is 29.7 Å². The monoisotopic (exact) mass is 397 g/mol. The summed E-state index contributed by atoms with van der Waals surface area (Å²) in [4.78, 5) is 18.7. The fraction of sp³-hybridized carbons (Fsp3) is 0.160. The van der Waals surface area contributed by atoms with Crippen LogP contribution >= 0.6 is 0 Å². The van der Waals surface area contributed by atoms with Gasteiger partial charge in [-0.1, -0.05) is 83.5 Å². The summed E-state index contributed by atoms with van der Waals surface area (Å²) in [6, 6.07) is 26.2. The molecule has 0 aliphatic rings. The minimum absolute atomic E-state index is 0.00207. The third-order valence-corrected chi connectivity index (χ3v) is 4.96. The Morgan fingerprint density at radius 1 is 0.900 bits per heavy atom. The van der Waals surface area contributed by atoms with Crippen molar-refractivity contribution in [1.82, 2.24) is 15.0 Å². The SMILES string of the molecule is Cc1cccc(-c2noc(CN(C)C(=O)Cc3ccc(-c4ccccc4)cc3)n2)c1. The Balaban J connectivity index is 1.37. The highest BCUT2D eigenvalue weighted by atomic mass is 16.5. The first kappa shape index (κ1) is 19.6. The number of aromatic nitrogens is 2. The minimum Gasteiger partial charge on any atom is -0.337 e. The number of rotatable bonds is 6. The van der Waals surface area contributed by atoms with Crippen molar-refractivity contribution in [2.24, 2.45) is 0 Å². The highest BCUT2D eigenvalue weighted by Gasteiger charge is 2.15. The quantitative estimate of drug-likeness (QED) is 0.464. The average Bonchev–Trinajstić information content (AvgIpc) is 3.23. The van der Waals surface area contributed by atoms with Gasteiger partial charge in [-0.25, -0.2) is 0 Å². The Hall–Kier alpha value is -3.73. The topological polar surface area (TPSA) is 59.2 Å². The second-order valence-corrected chi connectivity index (χ2v) is 7.37. The van der Waals surface area contributed by atoms with E-state index in [0.717, 1.165) is 27.8 Å². The highest BCUT2D eigenvalue weighted by molar-refractivity contribution is 5.78. The van der Waals surface area contributed by atoms with Crippen molar-refractivity contribution >= 4 is 5.91 Å². The van der Waals surface area contributed by atoms with Crippen LogP contribution in [0.15, 0.2) is 83.4 Å². The van der Waals surface area contributed by atoms with Crippen LogP contribution in [0.1, 0.15) is 17.0 Å². The van der Waals surface area contributed by atoms with Crippen LogP contribution in [0.2, 0.25) is 0 Å². The maximum Gasteiger partial charge on any atom is 0.246 e. The van der Waals surface area contributed by atoms with Crippen LogP contribution in [0, 0.1) is 6.92 Å². The van der Waals surface area contributed by atoms with Crippen LogP contribution in [0.25, 0.3) is 22.5 Å². The summed E-state index contributed by atoms with van der Waals surface area (Å²) in [7, 11) is 1.75. The standard InChI is InChI=1S/C25H23N3O2/c1-18-7-6-10-22(15-18)25-26-23(30-27-25)17-28(2)24(29)16-19-11-13-21(14-12-19)20-8-4-3-5-9-20/h3-15H,16-17H2,1-2H3. The van der Waals surface area contributed by atoms with E-state index in [9.17, 15) is 4.79 Å². The van der Waals surface area contributed by atoms with Crippen LogP contribution in [0.3, 0.4) is 0 Å². The maximum atomic E-state index is 12.6. The molecule has 1 heterocycles. The summed E-state index contributed by atoms with van der Waals surface area (Å²) >= 11 is 0. The van der Waals surface area contributed by atoms with E-state index in [1.165, 1.54) is 0 Å². The third kappa shape index (κ3) is 4.63. The van der Waals surface area contributed by atoms with E-state index in [-0.39, 0.29) is 12.5 Å². The normalized spacial score (nSPS) is 10.7. The Kier molecular flexibility index (Phi) is 5.70. The molecule has 5 nitrogen and oxygen atoms in total. The molecular weight excluding hydrogens is 374 g/mol. The molecule has 0 aliphatic heterocycles. The molecule has 0 saturated heterocycles. The molecule has 4 aromatic rings. The summed E-state index contributed by atoms with van der Waals surface area (Å²) in [6.07, 6.45) is 0.324.